The molecule has 1 saturated carbocycles. The van der Waals surface area contributed by atoms with Crippen LogP contribution in [0.4, 0.5) is 10.1 Å². The van der Waals surface area contributed by atoms with Crippen molar-refractivity contribution in [3.05, 3.63) is 75.6 Å². The number of hydrogen-bond donors (Lipinski definition) is 1. The normalized spacial score (nSPS) is 14.6. The number of nitro groups is 1. The molecular weight excluding hydrogens is 445 g/mol. The number of benzene rings is 2. The summed E-state index contributed by atoms with van der Waals surface area (Å²) in [5.41, 5.74) is 1.63. The predicted molar refractivity (Wildman–Crippen MR) is 126 cm³/mol. The summed E-state index contributed by atoms with van der Waals surface area (Å²) in [6.07, 6.45) is 4.10. The van der Waals surface area contributed by atoms with E-state index < -0.39 is 11.0 Å². The number of nitro benzene ring substituents is 1. The molecule has 1 N–H and O–H groups in total. The van der Waals surface area contributed by atoms with Crippen molar-refractivity contribution in [2.75, 3.05) is 5.75 Å². The van der Waals surface area contributed by atoms with E-state index in [1.807, 2.05) is 0 Å². The molecule has 33 heavy (non-hydrogen) atoms. The summed E-state index contributed by atoms with van der Waals surface area (Å²) in [6, 6.07) is 11.6. The topological polar surface area (TPSA) is 92.6 Å². The molecule has 2 aromatic carbocycles. The molecule has 9 heteroatoms. The van der Waals surface area contributed by atoms with E-state index >= 15 is 0 Å². The van der Waals surface area contributed by atoms with Gasteiger partial charge in [-0.1, -0.05) is 37.1 Å². The molecule has 0 radical (unpaired) electrons. The Labute approximate surface area is 196 Å². The van der Waals surface area contributed by atoms with Gasteiger partial charge in [0, 0.05) is 30.5 Å². The van der Waals surface area contributed by atoms with Crippen molar-refractivity contribution in [3.63, 3.8) is 0 Å². The average molecular weight is 474 g/mol. The van der Waals surface area contributed by atoms with Crippen LogP contribution in [-0.2, 0) is 21.9 Å². The number of carbonyl (C=O) groups excluding carboxylic acids is 2. The van der Waals surface area contributed by atoms with Crippen LogP contribution in [0.5, 0.6) is 0 Å². The van der Waals surface area contributed by atoms with E-state index in [-0.39, 0.29) is 41.7 Å². The maximum absolute atomic E-state index is 13.3. The Hall–Kier alpha value is -2.94. The van der Waals surface area contributed by atoms with Crippen LogP contribution in [0, 0.1) is 15.9 Å². The highest BCUT2D eigenvalue weighted by molar-refractivity contribution is 7.99. The van der Waals surface area contributed by atoms with Gasteiger partial charge in [-0.25, -0.2) is 4.39 Å². The highest BCUT2D eigenvalue weighted by Gasteiger charge is 2.28. The molecule has 3 rings (SSSR count). The van der Waals surface area contributed by atoms with Gasteiger partial charge in [-0.2, -0.15) is 0 Å². The van der Waals surface area contributed by atoms with Crippen LogP contribution in [0.25, 0.3) is 0 Å². The van der Waals surface area contributed by atoms with Gasteiger partial charge < -0.3 is 10.2 Å². The summed E-state index contributed by atoms with van der Waals surface area (Å²) in [6.45, 7) is 1.92. The third kappa shape index (κ3) is 7.28. The van der Waals surface area contributed by atoms with Crippen molar-refractivity contribution in [2.24, 2.45) is 0 Å². The molecule has 0 spiro atoms. The molecule has 1 fully saturated rings. The van der Waals surface area contributed by atoms with E-state index in [9.17, 15) is 24.1 Å². The number of halogens is 1. The number of nitrogens with one attached hydrogen (secondary N) is 1. The first-order valence-corrected chi connectivity index (χ1v) is 12.1. The van der Waals surface area contributed by atoms with Crippen LogP contribution in [0.15, 0.2) is 48.5 Å². The standard InChI is InChI=1S/C24H28FN3O4S/c1-17(24(30)26-21-4-2-3-5-21)27(14-18-6-10-20(25)11-7-18)23(29)16-33-15-19-8-12-22(13-9-19)28(31)32/h6-13,17,21H,2-5,14-16H2,1H3,(H,26,30)/t17-/m1/s1. The van der Waals surface area contributed by atoms with Crippen LogP contribution >= 0.6 is 11.8 Å². The number of nitrogens with zero attached hydrogens (tertiary/aromatic N) is 2. The first-order valence-electron chi connectivity index (χ1n) is 11.0. The predicted octanol–water partition coefficient (Wildman–Crippen LogP) is 4.44. The molecule has 7 nitrogen and oxygen atoms in total. The summed E-state index contributed by atoms with van der Waals surface area (Å²) >= 11 is 1.38. The Morgan fingerprint density at radius 2 is 1.73 bits per heavy atom. The van der Waals surface area contributed by atoms with Crippen molar-refractivity contribution in [3.8, 4) is 0 Å². The molecule has 2 aromatic rings. The van der Waals surface area contributed by atoms with Gasteiger partial charge in [0.2, 0.25) is 11.8 Å². The van der Waals surface area contributed by atoms with Crippen LogP contribution in [0.1, 0.15) is 43.7 Å². The Balaban J connectivity index is 1.63. The van der Waals surface area contributed by atoms with Crippen molar-refractivity contribution in [1.82, 2.24) is 10.2 Å². The SMILES string of the molecule is C[C@H](C(=O)NC1CCCC1)N(Cc1ccc(F)cc1)C(=O)CSCc1ccc([N+](=O)[O-])cc1. The van der Waals surface area contributed by atoms with Gasteiger partial charge in [-0.3, -0.25) is 19.7 Å². The third-order valence-electron chi connectivity index (χ3n) is 5.78. The molecule has 1 atom stereocenters. The zero-order valence-corrected chi connectivity index (χ0v) is 19.4. The largest absolute Gasteiger partial charge is 0.352 e. The minimum Gasteiger partial charge on any atom is -0.352 e. The van der Waals surface area contributed by atoms with Crippen molar-refractivity contribution in [2.45, 2.75) is 57.0 Å². The Kier molecular flexibility index (Phi) is 8.82. The fraction of sp³-hybridized carbons (Fsp3) is 0.417. The second-order valence-electron chi connectivity index (χ2n) is 8.23. The number of non-ortho nitro benzene ring substituents is 1. The van der Waals surface area contributed by atoms with E-state index in [2.05, 4.69) is 5.32 Å². The quantitative estimate of drug-likeness (QED) is 0.407. The molecule has 0 aromatic heterocycles. The highest BCUT2D eigenvalue weighted by Crippen LogP contribution is 2.20. The molecule has 176 valence electrons. The highest BCUT2D eigenvalue weighted by atomic mass is 32.2. The zero-order chi connectivity index (χ0) is 23.8. The number of carbonyl (C=O) groups is 2. The van der Waals surface area contributed by atoms with E-state index in [1.54, 1.807) is 31.2 Å². The first kappa shape index (κ1) is 24.7. The zero-order valence-electron chi connectivity index (χ0n) is 18.5. The van der Waals surface area contributed by atoms with E-state index in [0.717, 1.165) is 36.8 Å². The van der Waals surface area contributed by atoms with Gasteiger partial charge in [0.05, 0.1) is 10.7 Å². The third-order valence-corrected chi connectivity index (χ3v) is 6.76. The summed E-state index contributed by atoms with van der Waals surface area (Å²) in [7, 11) is 0. The maximum Gasteiger partial charge on any atom is 0.269 e. The van der Waals surface area contributed by atoms with Gasteiger partial charge in [0.25, 0.3) is 5.69 Å². The Bertz CT molecular complexity index is 963. The van der Waals surface area contributed by atoms with Gasteiger partial charge in [0.15, 0.2) is 0 Å². The van der Waals surface area contributed by atoms with E-state index in [0.29, 0.717) is 5.75 Å². The second-order valence-corrected chi connectivity index (χ2v) is 9.22. The van der Waals surface area contributed by atoms with E-state index in [4.69, 9.17) is 0 Å². The number of thioether (sulfide) groups is 1. The molecule has 0 bridgehead atoms. The van der Waals surface area contributed by atoms with Crippen molar-refractivity contribution < 1.29 is 18.9 Å². The lowest BCUT2D eigenvalue weighted by molar-refractivity contribution is -0.384. The summed E-state index contributed by atoms with van der Waals surface area (Å²) in [5, 5.41) is 13.8. The minimum atomic E-state index is -0.664. The molecule has 2 amide bonds. The minimum absolute atomic E-state index is 0.0207. The maximum atomic E-state index is 13.3. The Morgan fingerprint density at radius 3 is 2.33 bits per heavy atom. The lowest BCUT2D eigenvalue weighted by Crippen LogP contribution is -2.50. The smallest absolute Gasteiger partial charge is 0.269 e. The van der Waals surface area contributed by atoms with Crippen LogP contribution < -0.4 is 5.32 Å². The molecule has 1 aliphatic rings. The fourth-order valence-corrected chi connectivity index (χ4v) is 4.68. The monoisotopic (exact) mass is 473 g/mol. The van der Waals surface area contributed by atoms with Crippen LogP contribution in [-0.4, -0.2) is 39.5 Å². The average Bonchev–Trinajstić information content (AvgIpc) is 3.31. The number of amides is 2. The Morgan fingerprint density at radius 1 is 1.12 bits per heavy atom. The van der Waals surface area contributed by atoms with Crippen LogP contribution in [0.2, 0.25) is 0 Å². The molecule has 0 saturated heterocycles. The molecular formula is C24H28FN3O4S. The second kappa shape index (κ2) is 11.8. The lowest BCUT2D eigenvalue weighted by Gasteiger charge is -2.29. The van der Waals surface area contributed by atoms with Gasteiger partial charge in [-0.05, 0) is 43.0 Å². The number of rotatable bonds is 10. The lowest BCUT2D eigenvalue weighted by atomic mass is 10.1. The van der Waals surface area contributed by atoms with Gasteiger partial charge >= 0.3 is 0 Å². The van der Waals surface area contributed by atoms with Crippen LogP contribution in [0.3, 0.4) is 0 Å². The molecule has 1 aliphatic carbocycles. The van der Waals surface area contributed by atoms with Crippen molar-refractivity contribution in [1.29, 1.82) is 0 Å². The molecule has 0 aliphatic heterocycles. The summed E-state index contributed by atoms with van der Waals surface area (Å²) in [5.74, 6) is -0.0731. The summed E-state index contributed by atoms with van der Waals surface area (Å²) < 4.78 is 13.3. The first-order chi connectivity index (χ1) is 15.8. The van der Waals surface area contributed by atoms with Crippen molar-refractivity contribution >= 4 is 29.3 Å². The number of hydrogen-bond acceptors (Lipinski definition) is 5. The summed E-state index contributed by atoms with van der Waals surface area (Å²) in [4.78, 5) is 37.8. The van der Waals surface area contributed by atoms with E-state index in [1.165, 1.54) is 40.9 Å². The van der Waals surface area contributed by atoms with Gasteiger partial charge in [-0.15, -0.1) is 11.8 Å². The fourth-order valence-electron chi connectivity index (χ4n) is 3.81. The van der Waals surface area contributed by atoms with Gasteiger partial charge in [0.1, 0.15) is 11.9 Å². The molecule has 0 heterocycles. The molecule has 0 unspecified atom stereocenters.